The van der Waals surface area contributed by atoms with Crippen LogP contribution in [0.5, 0.6) is 0 Å². The highest BCUT2D eigenvalue weighted by Gasteiger charge is 2.30. The molecule has 1 aliphatic heterocycles. The molecule has 1 aliphatic rings. The van der Waals surface area contributed by atoms with Crippen LogP contribution in [0.4, 0.5) is 22.7 Å². The van der Waals surface area contributed by atoms with Crippen LogP contribution < -0.4 is 16.4 Å². The van der Waals surface area contributed by atoms with Crippen LogP contribution in [-0.2, 0) is 11.2 Å². The Morgan fingerprint density at radius 2 is 1.70 bits per heavy atom. The highest BCUT2D eigenvalue weighted by molar-refractivity contribution is 6.09. The summed E-state index contributed by atoms with van der Waals surface area (Å²) in [4.78, 5) is 14.0. The predicted molar refractivity (Wildman–Crippen MR) is 82.0 cm³/mol. The molecule has 0 aromatic heterocycles. The number of carbonyl (C=O) groups is 1. The van der Waals surface area contributed by atoms with Crippen LogP contribution in [-0.4, -0.2) is 5.91 Å². The van der Waals surface area contributed by atoms with Gasteiger partial charge < -0.3 is 11.5 Å². The number of nitrogens with zero attached hydrogens (tertiary/aromatic N) is 1. The predicted octanol–water partition coefficient (Wildman–Crippen LogP) is 2.69. The molecule has 0 fully saturated rings. The molecule has 2 aromatic carbocycles. The molecule has 3 rings (SSSR count). The van der Waals surface area contributed by atoms with E-state index in [4.69, 9.17) is 11.5 Å². The molecule has 0 radical (unpaired) electrons. The topological polar surface area (TPSA) is 72.3 Å². The number of rotatable bonds is 1. The van der Waals surface area contributed by atoms with Crippen molar-refractivity contribution in [3.05, 3.63) is 47.0 Å². The molecule has 2 aromatic rings. The molecule has 0 spiro atoms. The maximum atomic E-state index is 12.3. The average Bonchev–Trinajstić information content (AvgIpc) is 2.69. The Labute approximate surface area is 118 Å². The van der Waals surface area contributed by atoms with Gasteiger partial charge in [-0.2, -0.15) is 0 Å². The molecule has 4 nitrogen and oxygen atoms in total. The van der Waals surface area contributed by atoms with E-state index < -0.39 is 0 Å². The van der Waals surface area contributed by atoms with E-state index >= 15 is 0 Å². The van der Waals surface area contributed by atoms with Gasteiger partial charge in [-0.05, 0) is 60.9 Å². The van der Waals surface area contributed by atoms with Crippen LogP contribution in [0.1, 0.15) is 16.7 Å². The normalized spacial score (nSPS) is 13.7. The zero-order valence-electron chi connectivity index (χ0n) is 11.6. The molecule has 0 saturated carbocycles. The number of fused-ring (bicyclic) bond motifs is 1. The number of benzene rings is 2. The lowest BCUT2D eigenvalue weighted by Gasteiger charge is -2.21. The molecule has 0 saturated heterocycles. The average molecular weight is 267 g/mol. The summed E-state index contributed by atoms with van der Waals surface area (Å²) in [5, 5.41) is 0. The zero-order chi connectivity index (χ0) is 14.4. The maximum absolute atomic E-state index is 12.3. The van der Waals surface area contributed by atoms with Gasteiger partial charge in [0.15, 0.2) is 0 Å². The SMILES string of the molecule is Cc1cc(N)c(N2C(=O)Cc3cc(N)ccc32)cc1C. The van der Waals surface area contributed by atoms with Gasteiger partial charge in [0.25, 0.3) is 0 Å². The Morgan fingerprint density at radius 3 is 2.45 bits per heavy atom. The molecule has 4 heteroatoms. The van der Waals surface area contributed by atoms with Crippen LogP contribution in [0, 0.1) is 13.8 Å². The van der Waals surface area contributed by atoms with E-state index in [0.717, 1.165) is 28.1 Å². The van der Waals surface area contributed by atoms with Gasteiger partial charge in [-0.1, -0.05) is 0 Å². The van der Waals surface area contributed by atoms with Crippen LogP contribution in [0.15, 0.2) is 30.3 Å². The molecule has 0 unspecified atom stereocenters. The van der Waals surface area contributed by atoms with Crippen molar-refractivity contribution in [2.24, 2.45) is 0 Å². The van der Waals surface area contributed by atoms with Crippen molar-refractivity contribution in [3.8, 4) is 0 Å². The molecule has 20 heavy (non-hydrogen) atoms. The van der Waals surface area contributed by atoms with Crippen LogP contribution >= 0.6 is 0 Å². The number of carbonyl (C=O) groups excluding carboxylic acids is 1. The molecule has 102 valence electrons. The van der Waals surface area contributed by atoms with E-state index in [9.17, 15) is 4.79 Å². The van der Waals surface area contributed by atoms with Crippen molar-refractivity contribution >= 4 is 28.7 Å². The molecular weight excluding hydrogens is 250 g/mol. The first-order valence-corrected chi connectivity index (χ1v) is 6.55. The quantitative estimate of drug-likeness (QED) is 0.780. The molecule has 4 N–H and O–H groups in total. The number of aryl methyl sites for hydroxylation is 2. The third kappa shape index (κ3) is 1.81. The van der Waals surface area contributed by atoms with Crippen LogP contribution in [0.3, 0.4) is 0 Å². The van der Waals surface area contributed by atoms with E-state index in [1.54, 1.807) is 4.90 Å². The second kappa shape index (κ2) is 4.27. The number of amides is 1. The fourth-order valence-electron chi connectivity index (χ4n) is 2.62. The summed E-state index contributed by atoms with van der Waals surface area (Å²) in [7, 11) is 0. The summed E-state index contributed by atoms with van der Waals surface area (Å²) in [6, 6.07) is 9.41. The highest BCUT2D eigenvalue weighted by atomic mass is 16.2. The van der Waals surface area contributed by atoms with Gasteiger partial charge in [0.1, 0.15) is 0 Å². The van der Waals surface area contributed by atoms with Crippen molar-refractivity contribution in [1.29, 1.82) is 0 Å². The summed E-state index contributed by atoms with van der Waals surface area (Å²) < 4.78 is 0. The Morgan fingerprint density at radius 1 is 1.00 bits per heavy atom. The van der Waals surface area contributed by atoms with Crippen molar-refractivity contribution in [1.82, 2.24) is 0 Å². The van der Waals surface area contributed by atoms with Gasteiger partial charge in [-0.25, -0.2) is 0 Å². The number of hydrogen-bond donors (Lipinski definition) is 2. The third-order valence-corrected chi connectivity index (χ3v) is 3.82. The molecule has 0 bridgehead atoms. The highest BCUT2D eigenvalue weighted by Crippen LogP contribution is 2.39. The van der Waals surface area contributed by atoms with Gasteiger partial charge in [0, 0.05) is 5.69 Å². The summed E-state index contributed by atoms with van der Waals surface area (Å²) in [6.45, 7) is 4.03. The fraction of sp³-hybridized carbons (Fsp3) is 0.188. The number of anilines is 4. The minimum absolute atomic E-state index is 0.0283. The zero-order valence-corrected chi connectivity index (χ0v) is 11.6. The fourth-order valence-corrected chi connectivity index (χ4v) is 2.62. The molecule has 0 aliphatic carbocycles. The first-order chi connectivity index (χ1) is 9.47. The van der Waals surface area contributed by atoms with E-state index in [0.29, 0.717) is 17.8 Å². The summed E-state index contributed by atoms with van der Waals surface area (Å²) in [6.07, 6.45) is 0.368. The van der Waals surface area contributed by atoms with Crippen molar-refractivity contribution in [2.75, 3.05) is 16.4 Å². The van der Waals surface area contributed by atoms with Gasteiger partial charge in [-0.15, -0.1) is 0 Å². The first-order valence-electron chi connectivity index (χ1n) is 6.55. The Kier molecular flexibility index (Phi) is 2.67. The lowest BCUT2D eigenvalue weighted by Crippen LogP contribution is -2.22. The summed E-state index contributed by atoms with van der Waals surface area (Å²) in [5.74, 6) is 0.0283. The lowest BCUT2D eigenvalue weighted by molar-refractivity contribution is -0.116. The Hall–Kier alpha value is -2.49. The van der Waals surface area contributed by atoms with Crippen LogP contribution in [0.2, 0.25) is 0 Å². The van der Waals surface area contributed by atoms with Gasteiger partial charge >= 0.3 is 0 Å². The Bertz CT molecular complexity index is 722. The van der Waals surface area contributed by atoms with Gasteiger partial charge in [-0.3, -0.25) is 9.69 Å². The molecular formula is C16H17N3O. The van der Waals surface area contributed by atoms with Gasteiger partial charge in [0.05, 0.1) is 23.5 Å². The van der Waals surface area contributed by atoms with Crippen molar-refractivity contribution in [2.45, 2.75) is 20.3 Å². The molecule has 0 atom stereocenters. The van der Waals surface area contributed by atoms with E-state index in [1.807, 2.05) is 44.2 Å². The third-order valence-electron chi connectivity index (χ3n) is 3.82. The van der Waals surface area contributed by atoms with E-state index in [-0.39, 0.29) is 5.91 Å². The number of nitrogen functional groups attached to an aromatic ring is 2. The maximum Gasteiger partial charge on any atom is 0.236 e. The standard InChI is InChI=1S/C16H17N3O/c1-9-5-13(18)15(6-10(9)2)19-14-4-3-12(17)7-11(14)8-16(19)20/h3-7H,8,17-18H2,1-2H3. The minimum Gasteiger partial charge on any atom is -0.399 e. The summed E-state index contributed by atoms with van der Waals surface area (Å²) >= 11 is 0. The van der Waals surface area contributed by atoms with Crippen molar-refractivity contribution in [3.63, 3.8) is 0 Å². The monoisotopic (exact) mass is 267 g/mol. The van der Waals surface area contributed by atoms with Crippen molar-refractivity contribution < 1.29 is 4.79 Å². The van der Waals surface area contributed by atoms with Gasteiger partial charge in [0.2, 0.25) is 5.91 Å². The largest absolute Gasteiger partial charge is 0.399 e. The second-order valence-electron chi connectivity index (χ2n) is 5.29. The second-order valence-corrected chi connectivity index (χ2v) is 5.29. The molecule has 1 amide bonds. The lowest BCUT2D eigenvalue weighted by atomic mass is 10.1. The molecule has 1 heterocycles. The first kappa shape index (κ1) is 12.5. The Balaban J connectivity index is 2.17. The smallest absolute Gasteiger partial charge is 0.236 e. The van der Waals surface area contributed by atoms with Crippen LogP contribution in [0.25, 0.3) is 0 Å². The number of nitrogens with two attached hydrogens (primary N) is 2. The number of hydrogen-bond acceptors (Lipinski definition) is 3. The summed E-state index contributed by atoms with van der Waals surface area (Å²) in [5.41, 5.74) is 18.0. The van der Waals surface area contributed by atoms with E-state index in [1.165, 1.54) is 0 Å². The van der Waals surface area contributed by atoms with E-state index in [2.05, 4.69) is 0 Å². The minimum atomic E-state index is 0.0283.